The van der Waals surface area contributed by atoms with Gasteiger partial charge in [-0.05, 0) is 18.9 Å². The second kappa shape index (κ2) is 17.1. The van der Waals surface area contributed by atoms with Crippen molar-refractivity contribution in [2.75, 3.05) is 0 Å². The van der Waals surface area contributed by atoms with Gasteiger partial charge in [0.1, 0.15) is 12.2 Å². The number of aliphatic hydroxyl groups is 4. The van der Waals surface area contributed by atoms with Crippen molar-refractivity contribution < 1.29 is 30.0 Å². The second-order valence-corrected chi connectivity index (χ2v) is 8.41. The van der Waals surface area contributed by atoms with Crippen LogP contribution in [0, 0.1) is 0 Å². The van der Waals surface area contributed by atoms with Crippen LogP contribution in [-0.4, -0.2) is 56.2 Å². The summed E-state index contributed by atoms with van der Waals surface area (Å²) in [7, 11) is 0. The molecule has 0 bridgehead atoms. The third kappa shape index (κ3) is 12.2. The van der Waals surface area contributed by atoms with Crippen molar-refractivity contribution >= 4 is 11.8 Å². The van der Waals surface area contributed by atoms with Gasteiger partial charge in [0.25, 0.3) is 5.91 Å². The number of carbonyl (C=O) groups is 2. The summed E-state index contributed by atoms with van der Waals surface area (Å²) in [6.07, 6.45) is 12.5. The van der Waals surface area contributed by atoms with Crippen LogP contribution >= 0.6 is 0 Å². The highest BCUT2D eigenvalue weighted by Gasteiger charge is 2.46. The molecule has 8 heteroatoms. The number of nitrogens with two attached hydrogens (primary N) is 2. The molecular formula is C23H44N2O6. The summed E-state index contributed by atoms with van der Waals surface area (Å²) in [4.78, 5) is 22.5. The largest absolute Gasteiger partial charge is 0.387 e. The third-order valence-electron chi connectivity index (χ3n) is 5.63. The Morgan fingerprint density at radius 3 is 1.61 bits per heavy atom. The van der Waals surface area contributed by atoms with E-state index in [0.29, 0.717) is 6.42 Å². The Hall–Kier alpha value is -1.48. The number of aliphatic hydroxyl groups excluding tert-OH is 3. The van der Waals surface area contributed by atoms with Gasteiger partial charge in [-0.1, -0.05) is 90.0 Å². The van der Waals surface area contributed by atoms with E-state index in [2.05, 4.69) is 6.92 Å². The smallest absolute Gasteiger partial charge is 0.256 e. The Morgan fingerprint density at radius 1 is 0.806 bits per heavy atom. The molecule has 0 aromatic rings. The van der Waals surface area contributed by atoms with Crippen molar-refractivity contribution in [1.82, 2.24) is 0 Å². The molecule has 0 saturated heterocycles. The number of carbonyl (C=O) groups excluding carboxylic acids is 2. The van der Waals surface area contributed by atoms with E-state index in [4.69, 9.17) is 11.5 Å². The predicted octanol–water partition coefficient (Wildman–Crippen LogP) is 1.81. The lowest BCUT2D eigenvalue weighted by atomic mass is 9.88. The number of amides is 2. The quantitative estimate of drug-likeness (QED) is 0.124. The zero-order valence-corrected chi connectivity index (χ0v) is 19.0. The third-order valence-corrected chi connectivity index (χ3v) is 5.63. The van der Waals surface area contributed by atoms with E-state index in [0.717, 1.165) is 25.3 Å². The lowest BCUT2D eigenvalue weighted by Gasteiger charge is -2.31. The van der Waals surface area contributed by atoms with E-state index < -0.39 is 35.7 Å². The van der Waals surface area contributed by atoms with Gasteiger partial charge in [0.15, 0.2) is 11.7 Å². The maximum atomic E-state index is 11.6. The first-order chi connectivity index (χ1) is 14.7. The first-order valence-corrected chi connectivity index (χ1v) is 11.7. The van der Waals surface area contributed by atoms with E-state index in [1.807, 2.05) is 0 Å². The summed E-state index contributed by atoms with van der Waals surface area (Å²) in [6, 6.07) is 0. The first kappa shape index (κ1) is 29.5. The molecule has 4 unspecified atom stereocenters. The van der Waals surface area contributed by atoms with E-state index >= 15 is 0 Å². The molecular weight excluding hydrogens is 400 g/mol. The van der Waals surface area contributed by atoms with Gasteiger partial charge in [-0.25, -0.2) is 0 Å². The summed E-state index contributed by atoms with van der Waals surface area (Å²) in [6.45, 7) is 2.23. The monoisotopic (exact) mass is 444 g/mol. The van der Waals surface area contributed by atoms with Crippen molar-refractivity contribution in [2.24, 2.45) is 11.5 Å². The molecule has 8 nitrogen and oxygen atoms in total. The molecule has 0 aromatic heterocycles. The number of primary amides is 2. The Morgan fingerprint density at radius 2 is 1.23 bits per heavy atom. The molecule has 182 valence electrons. The number of hydrogen-bond donors (Lipinski definition) is 6. The van der Waals surface area contributed by atoms with Gasteiger partial charge >= 0.3 is 0 Å². The Kier molecular flexibility index (Phi) is 16.3. The lowest BCUT2D eigenvalue weighted by molar-refractivity contribution is -0.164. The Balaban J connectivity index is 4.05. The molecule has 8 N–H and O–H groups in total. The summed E-state index contributed by atoms with van der Waals surface area (Å²) in [5.41, 5.74) is 7.37. The average Bonchev–Trinajstić information content (AvgIpc) is 2.74. The van der Waals surface area contributed by atoms with Gasteiger partial charge in [0.05, 0.1) is 0 Å². The summed E-state index contributed by atoms with van der Waals surface area (Å²) >= 11 is 0. The van der Waals surface area contributed by atoms with Crippen molar-refractivity contribution in [3.8, 4) is 0 Å². The Bertz CT molecular complexity index is 528. The molecule has 2 amide bonds. The molecule has 0 aliphatic rings. The number of rotatable bonds is 20. The van der Waals surface area contributed by atoms with E-state index in [9.17, 15) is 30.0 Å². The van der Waals surface area contributed by atoms with Crippen molar-refractivity contribution in [2.45, 2.75) is 121 Å². The molecule has 0 heterocycles. The number of hydrogen-bond acceptors (Lipinski definition) is 6. The standard InChI is InChI=1S/C23H44N2O6/c1-2-3-4-5-6-7-8-9-10-11-12-13-14-15-16-17-23(31,22(25)30)20(28)18(26)19(27)21(24)29/h16-20,26-28,31H,2-15H2,1H3,(H2,24,29)(H2,25,30)/b17-16+. The SMILES string of the molecule is CCCCCCCCCCCCCCC/C=C/C(O)(C(N)=O)C(O)C(O)C(O)C(N)=O. The zero-order valence-electron chi connectivity index (χ0n) is 19.0. The van der Waals surface area contributed by atoms with Crippen molar-refractivity contribution in [3.05, 3.63) is 12.2 Å². The molecule has 0 radical (unpaired) electrons. The van der Waals surface area contributed by atoms with Gasteiger partial charge in [0.2, 0.25) is 5.91 Å². The van der Waals surface area contributed by atoms with Crippen LogP contribution in [0.4, 0.5) is 0 Å². The number of allylic oxidation sites excluding steroid dienone is 1. The minimum absolute atomic E-state index is 0.550. The normalized spacial score (nSPS) is 16.7. The van der Waals surface area contributed by atoms with Crippen molar-refractivity contribution in [3.63, 3.8) is 0 Å². The first-order valence-electron chi connectivity index (χ1n) is 11.7. The second-order valence-electron chi connectivity index (χ2n) is 8.41. The van der Waals surface area contributed by atoms with Gasteiger partial charge in [-0.3, -0.25) is 9.59 Å². The van der Waals surface area contributed by atoms with Crippen LogP contribution in [0.1, 0.15) is 96.8 Å². The lowest BCUT2D eigenvalue weighted by Crippen LogP contribution is -2.60. The van der Waals surface area contributed by atoms with Gasteiger partial charge in [-0.2, -0.15) is 0 Å². The highest BCUT2D eigenvalue weighted by molar-refractivity contribution is 5.87. The minimum Gasteiger partial charge on any atom is -0.387 e. The highest BCUT2D eigenvalue weighted by Crippen LogP contribution is 2.19. The topological polar surface area (TPSA) is 167 Å². The van der Waals surface area contributed by atoms with Crippen LogP contribution < -0.4 is 11.5 Å². The van der Waals surface area contributed by atoms with Gasteiger partial charge < -0.3 is 31.9 Å². The molecule has 0 fully saturated rings. The van der Waals surface area contributed by atoms with Crippen LogP contribution in [0.5, 0.6) is 0 Å². The van der Waals surface area contributed by atoms with Crippen LogP contribution in [0.3, 0.4) is 0 Å². The Labute approximate surface area is 186 Å². The van der Waals surface area contributed by atoms with Crippen LogP contribution in [0.15, 0.2) is 12.2 Å². The zero-order chi connectivity index (χ0) is 23.7. The molecule has 31 heavy (non-hydrogen) atoms. The highest BCUT2D eigenvalue weighted by atomic mass is 16.4. The molecule has 0 aromatic carbocycles. The van der Waals surface area contributed by atoms with Gasteiger partial charge in [0, 0.05) is 0 Å². The van der Waals surface area contributed by atoms with Crippen LogP contribution in [0.2, 0.25) is 0 Å². The minimum atomic E-state index is -2.62. The van der Waals surface area contributed by atoms with Crippen molar-refractivity contribution in [1.29, 1.82) is 0 Å². The molecule has 0 saturated carbocycles. The van der Waals surface area contributed by atoms with Gasteiger partial charge in [-0.15, -0.1) is 0 Å². The van der Waals surface area contributed by atoms with E-state index in [1.54, 1.807) is 0 Å². The molecule has 0 rings (SSSR count). The van der Waals surface area contributed by atoms with E-state index in [-0.39, 0.29) is 0 Å². The molecule has 4 atom stereocenters. The maximum absolute atomic E-state index is 11.6. The summed E-state index contributed by atoms with van der Waals surface area (Å²) in [5.74, 6) is -2.60. The summed E-state index contributed by atoms with van der Waals surface area (Å²) < 4.78 is 0. The molecule has 0 spiro atoms. The average molecular weight is 445 g/mol. The van der Waals surface area contributed by atoms with E-state index in [1.165, 1.54) is 70.3 Å². The summed E-state index contributed by atoms with van der Waals surface area (Å²) in [5, 5.41) is 39.6. The number of unbranched alkanes of at least 4 members (excludes halogenated alkanes) is 13. The maximum Gasteiger partial charge on any atom is 0.256 e. The van der Waals surface area contributed by atoms with Crippen LogP contribution in [0.25, 0.3) is 0 Å². The fraction of sp³-hybridized carbons (Fsp3) is 0.826. The van der Waals surface area contributed by atoms with Crippen LogP contribution in [-0.2, 0) is 9.59 Å². The fourth-order valence-corrected chi connectivity index (χ4v) is 3.47. The predicted molar refractivity (Wildman–Crippen MR) is 121 cm³/mol. The fourth-order valence-electron chi connectivity index (χ4n) is 3.47. The molecule has 0 aliphatic carbocycles. The molecule has 0 aliphatic heterocycles.